The number of amidine groups is 1. The van der Waals surface area contributed by atoms with Crippen LogP contribution in [0.2, 0.25) is 18.1 Å². The zero-order valence-corrected chi connectivity index (χ0v) is 23.7. The van der Waals surface area contributed by atoms with E-state index in [0.29, 0.717) is 18.0 Å². The Morgan fingerprint density at radius 3 is 2.49 bits per heavy atom. The Morgan fingerprint density at radius 1 is 1.00 bits per heavy atom. The van der Waals surface area contributed by atoms with Gasteiger partial charge in [0, 0.05) is 23.1 Å². The second-order valence-electron chi connectivity index (χ2n) is 10.8. The normalized spacial score (nSPS) is 16.9. The van der Waals surface area contributed by atoms with Gasteiger partial charge in [-0.2, -0.15) is 0 Å². The molecule has 7 heteroatoms. The Hall–Kier alpha value is -3.55. The van der Waals surface area contributed by atoms with Crippen molar-refractivity contribution in [3.05, 3.63) is 100 Å². The number of carbonyl (C=O) groups excluding carboxylic acids is 1. The van der Waals surface area contributed by atoms with Crippen LogP contribution in [0.15, 0.2) is 94.0 Å². The van der Waals surface area contributed by atoms with Gasteiger partial charge in [0.2, 0.25) is 8.32 Å². The summed E-state index contributed by atoms with van der Waals surface area (Å²) in [7, 11) is -2.00. The van der Waals surface area contributed by atoms with E-state index in [4.69, 9.17) is 14.4 Å². The third-order valence-electron chi connectivity index (χ3n) is 7.00. The Bertz CT molecular complexity index is 1450. The summed E-state index contributed by atoms with van der Waals surface area (Å²) in [5.41, 5.74) is 3.93. The molecular weight excluding hydrogens is 495 g/mol. The van der Waals surface area contributed by atoms with Crippen molar-refractivity contribution < 1.29 is 9.22 Å². The maximum absolute atomic E-state index is 13.4. The SMILES string of the molecule is CC(C)(C)[Si](C)(C)Oc1cccc(C2=CN3C(=O)/C(=C\c4cccs4)N=C3C(Cc3ccccc3)=N2)c1. The molecule has 2 aliphatic rings. The summed E-state index contributed by atoms with van der Waals surface area (Å²) < 4.78 is 6.55. The van der Waals surface area contributed by atoms with Crippen molar-refractivity contribution >= 4 is 48.9 Å². The van der Waals surface area contributed by atoms with Crippen LogP contribution in [0.4, 0.5) is 0 Å². The Labute approximate surface area is 223 Å². The molecule has 0 fully saturated rings. The first-order valence-corrected chi connectivity index (χ1v) is 16.2. The Kier molecular flexibility index (Phi) is 6.60. The summed E-state index contributed by atoms with van der Waals surface area (Å²) in [6.45, 7) is 11.2. The lowest BCUT2D eigenvalue weighted by molar-refractivity contribution is -0.120. The molecule has 0 bridgehead atoms. The maximum Gasteiger partial charge on any atom is 0.282 e. The van der Waals surface area contributed by atoms with Crippen molar-refractivity contribution in [1.29, 1.82) is 0 Å². The third-order valence-corrected chi connectivity index (χ3v) is 12.2. The number of amides is 1. The quantitative estimate of drug-likeness (QED) is 0.249. The lowest BCUT2D eigenvalue weighted by Crippen LogP contribution is -2.43. The molecule has 0 N–H and O–H groups in total. The van der Waals surface area contributed by atoms with E-state index in [9.17, 15) is 4.79 Å². The monoisotopic (exact) mass is 525 g/mol. The van der Waals surface area contributed by atoms with Crippen molar-refractivity contribution in [3.63, 3.8) is 0 Å². The van der Waals surface area contributed by atoms with Gasteiger partial charge in [0.1, 0.15) is 11.4 Å². The van der Waals surface area contributed by atoms with Crippen LogP contribution >= 0.6 is 11.3 Å². The Morgan fingerprint density at radius 2 is 1.78 bits per heavy atom. The molecule has 3 aromatic rings. The average molecular weight is 526 g/mol. The van der Waals surface area contributed by atoms with Gasteiger partial charge in [0.25, 0.3) is 5.91 Å². The van der Waals surface area contributed by atoms with Crippen LogP contribution in [-0.2, 0) is 11.2 Å². The van der Waals surface area contributed by atoms with Gasteiger partial charge in [-0.1, -0.05) is 69.3 Å². The number of rotatable bonds is 6. The second-order valence-corrected chi connectivity index (χ2v) is 16.5. The summed E-state index contributed by atoms with van der Waals surface area (Å²) in [5.74, 6) is 1.28. The lowest BCUT2D eigenvalue weighted by Gasteiger charge is -2.36. The highest BCUT2D eigenvalue weighted by Crippen LogP contribution is 2.38. The van der Waals surface area contributed by atoms with Crippen LogP contribution in [0.1, 0.15) is 36.8 Å². The van der Waals surface area contributed by atoms with Crippen LogP contribution in [-0.4, -0.2) is 30.7 Å². The van der Waals surface area contributed by atoms with E-state index in [1.54, 1.807) is 22.4 Å². The second kappa shape index (κ2) is 9.72. The zero-order valence-electron chi connectivity index (χ0n) is 21.9. The van der Waals surface area contributed by atoms with Crippen molar-refractivity contribution in [3.8, 4) is 5.75 Å². The topological polar surface area (TPSA) is 54.3 Å². The molecule has 0 saturated heterocycles. The van der Waals surface area contributed by atoms with Crippen LogP contribution < -0.4 is 4.43 Å². The van der Waals surface area contributed by atoms with E-state index in [0.717, 1.165) is 33.2 Å². The van der Waals surface area contributed by atoms with Crippen molar-refractivity contribution in [1.82, 2.24) is 4.90 Å². The highest BCUT2D eigenvalue weighted by atomic mass is 32.1. The number of fused-ring (bicyclic) bond motifs is 1. The molecule has 1 aromatic heterocycles. The van der Waals surface area contributed by atoms with Gasteiger partial charge in [-0.15, -0.1) is 11.3 Å². The number of carbonyl (C=O) groups is 1. The van der Waals surface area contributed by atoms with Crippen molar-refractivity contribution in [2.45, 2.75) is 45.3 Å². The lowest BCUT2D eigenvalue weighted by atomic mass is 10.0. The fourth-order valence-electron chi connectivity index (χ4n) is 3.92. The summed E-state index contributed by atoms with van der Waals surface area (Å²) in [4.78, 5) is 25.8. The molecule has 0 atom stereocenters. The largest absolute Gasteiger partial charge is 0.543 e. The molecule has 37 heavy (non-hydrogen) atoms. The number of hydrogen-bond acceptors (Lipinski definition) is 5. The van der Waals surface area contributed by atoms with Gasteiger partial charge >= 0.3 is 0 Å². The number of aliphatic imine (C=N–C) groups is 2. The molecule has 0 radical (unpaired) electrons. The first-order chi connectivity index (χ1) is 17.6. The van der Waals surface area contributed by atoms with Gasteiger partial charge in [0.05, 0.1) is 11.4 Å². The zero-order chi connectivity index (χ0) is 26.2. The molecule has 5 nitrogen and oxygen atoms in total. The van der Waals surface area contributed by atoms with E-state index >= 15 is 0 Å². The van der Waals surface area contributed by atoms with Crippen LogP contribution in [0.25, 0.3) is 11.8 Å². The molecule has 1 amide bonds. The first kappa shape index (κ1) is 25.1. The predicted octanol–water partition coefficient (Wildman–Crippen LogP) is 7.41. The van der Waals surface area contributed by atoms with Crippen molar-refractivity contribution in [2.24, 2.45) is 9.98 Å². The standard InChI is InChI=1S/C30H31N3O2SSi/c1-30(2,3)37(4,5)35-23-14-9-13-22(18-23)27-20-33-28(25(31-27)17-21-11-7-6-8-12-21)32-26(29(33)34)19-24-15-10-16-36-24/h6-16,18-20H,17H2,1-5H3/b26-19+. The van der Waals surface area contributed by atoms with Crippen LogP contribution in [0, 0.1) is 0 Å². The summed E-state index contributed by atoms with van der Waals surface area (Å²) >= 11 is 1.58. The molecule has 0 aliphatic carbocycles. The van der Waals surface area contributed by atoms with E-state index in [1.807, 2.05) is 66.1 Å². The number of thiophene rings is 1. The molecule has 0 saturated carbocycles. The molecule has 5 rings (SSSR count). The molecular formula is C30H31N3O2SSi. The number of benzene rings is 2. The minimum absolute atomic E-state index is 0.0900. The average Bonchev–Trinajstić information content (AvgIpc) is 3.48. The van der Waals surface area contributed by atoms with Crippen LogP contribution in [0.3, 0.4) is 0 Å². The van der Waals surface area contributed by atoms with Gasteiger partial charge in [-0.05, 0) is 53.4 Å². The molecule has 2 aromatic carbocycles. The summed E-state index contributed by atoms with van der Waals surface area (Å²) in [5, 5.41) is 2.08. The minimum atomic E-state index is -2.00. The maximum atomic E-state index is 13.4. The minimum Gasteiger partial charge on any atom is -0.543 e. The smallest absolute Gasteiger partial charge is 0.282 e. The highest BCUT2D eigenvalue weighted by molar-refractivity contribution is 7.10. The highest BCUT2D eigenvalue weighted by Gasteiger charge is 2.39. The molecule has 188 valence electrons. The van der Waals surface area contributed by atoms with E-state index in [1.165, 1.54) is 0 Å². The molecule has 0 spiro atoms. The van der Waals surface area contributed by atoms with E-state index in [-0.39, 0.29) is 10.9 Å². The van der Waals surface area contributed by atoms with E-state index < -0.39 is 8.32 Å². The van der Waals surface area contributed by atoms with Gasteiger partial charge < -0.3 is 4.43 Å². The Balaban J connectivity index is 1.53. The first-order valence-electron chi connectivity index (χ1n) is 12.4. The predicted molar refractivity (Wildman–Crippen MR) is 156 cm³/mol. The molecule has 3 heterocycles. The van der Waals surface area contributed by atoms with Crippen LogP contribution in [0.5, 0.6) is 5.75 Å². The fraction of sp³-hybridized carbons (Fsp3) is 0.233. The third kappa shape index (κ3) is 5.28. The van der Waals surface area contributed by atoms with Gasteiger partial charge in [-0.3, -0.25) is 9.69 Å². The summed E-state index contributed by atoms with van der Waals surface area (Å²) in [6.07, 6.45) is 4.23. The number of hydrogen-bond donors (Lipinski definition) is 0. The molecule has 2 aliphatic heterocycles. The fourth-order valence-corrected chi connectivity index (χ4v) is 5.59. The number of nitrogens with zero attached hydrogens (tertiary/aromatic N) is 3. The van der Waals surface area contributed by atoms with Crippen molar-refractivity contribution in [2.75, 3.05) is 0 Å². The molecule has 0 unspecified atom stereocenters. The summed E-state index contributed by atoms with van der Waals surface area (Å²) in [6, 6.07) is 22.1. The van der Waals surface area contributed by atoms with Gasteiger partial charge in [-0.25, -0.2) is 9.98 Å². The van der Waals surface area contributed by atoms with E-state index in [2.05, 4.69) is 46.0 Å². The van der Waals surface area contributed by atoms with Gasteiger partial charge in [0.15, 0.2) is 5.84 Å².